The Labute approximate surface area is 76.2 Å². The molecule has 0 aliphatic carbocycles. The van der Waals surface area contributed by atoms with E-state index in [1.807, 2.05) is 4.90 Å². The SMILES string of the molecule is N#CC1(F)CCN(C/C=C/Cl)C1. The topological polar surface area (TPSA) is 27.0 Å². The first-order valence-corrected chi connectivity index (χ1v) is 4.21. The molecule has 12 heavy (non-hydrogen) atoms. The normalized spacial score (nSPS) is 31.1. The molecule has 1 unspecified atom stereocenters. The van der Waals surface area contributed by atoms with Gasteiger partial charge in [-0.25, -0.2) is 4.39 Å². The minimum absolute atomic E-state index is 0.199. The Hall–Kier alpha value is -0.590. The lowest BCUT2D eigenvalue weighted by Crippen LogP contribution is -2.27. The van der Waals surface area contributed by atoms with E-state index in [0.717, 1.165) is 0 Å². The van der Waals surface area contributed by atoms with Crippen molar-refractivity contribution in [1.29, 1.82) is 5.26 Å². The van der Waals surface area contributed by atoms with Gasteiger partial charge in [0.1, 0.15) is 6.07 Å². The first kappa shape index (κ1) is 9.50. The summed E-state index contributed by atoms with van der Waals surface area (Å²) in [5.41, 5.74) is -0.231. The predicted molar refractivity (Wildman–Crippen MR) is 45.5 cm³/mol. The van der Waals surface area contributed by atoms with Gasteiger partial charge in [0.05, 0.1) is 0 Å². The maximum absolute atomic E-state index is 13.3. The molecular weight excluding hydrogens is 179 g/mol. The molecule has 0 spiro atoms. The molecule has 0 amide bonds. The highest BCUT2D eigenvalue weighted by atomic mass is 35.5. The molecule has 0 saturated carbocycles. The molecule has 1 fully saturated rings. The van der Waals surface area contributed by atoms with E-state index >= 15 is 0 Å². The van der Waals surface area contributed by atoms with Crippen LogP contribution in [0.3, 0.4) is 0 Å². The molecule has 4 heteroatoms. The molecule has 1 rings (SSSR count). The van der Waals surface area contributed by atoms with Crippen LogP contribution in [0.5, 0.6) is 0 Å². The van der Waals surface area contributed by atoms with Crippen molar-refractivity contribution in [1.82, 2.24) is 4.90 Å². The lowest BCUT2D eigenvalue weighted by molar-refractivity contribution is 0.236. The number of likely N-dealkylation sites (tertiary alicyclic amines) is 1. The quantitative estimate of drug-likeness (QED) is 0.659. The van der Waals surface area contributed by atoms with Crippen LogP contribution >= 0.6 is 11.6 Å². The molecule has 0 aromatic carbocycles. The van der Waals surface area contributed by atoms with E-state index < -0.39 is 5.67 Å². The number of alkyl halides is 1. The molecule has 1 saturated heterocycles. The average Bonchev–Trinajstić information content (AvgIpc) is 2.45. The summed E-state index contributed by atoms with van der Waals surface area (Å²) >= 11 is 5.32. The Morgan fingerprint density at radius 1 is 1.75 bits per heavy atom. The van der Waals surface area contributed by atoms with Gasteiger partial charge in [0, 0.05) is 31.6 Å². The van der Waals surface area contributed by atoms with Crippen LogP contribution in [-0.2, 0) is 0 Å². The molecule has 66 valence electrons. The summed E-state index contributed by atoms with van der Waals surface area (Å²) in [6.07, 6.45) is 2.05. The Balaban J connectivity index is 2.41. The molecule has 1 aliphatic rings. The summed E-state index contributed by atoms with van der Waals surface area (Å²) in [6, 6.07) is 1.68. The second kappa shape index (κ2) is 3.88. The number of hydrogen-bond acceptors (Lipinski definition) is 2. The monoisotopic (exact) mass is 188 g/mol. The summed E-state index contributed by atoms with van der Waals surface area (Å²) in [6.45, 7) is 1.45. The minimum Gasteiger partial charge on any atom is -0.295 e. The van der Waals surface area contributed by atoms with Crippen LogP contribution in [0.4, 0.5) is 4.39 Å². The van der Waals surface area contributed by atoms with Gasteiger partial charge < -0.3 is 0 Å². The first-order valence-electron chi connectivity index (χ1n) is 3.78. The largest absolute Gasteiger partial charge is 0.295 e. The van der Waals surface area contributed by atoms with E-state index in [1.54, 1.807) is 12.1 Å². The minimum atomic E-state index is -1.64. The molecule has 0 aromatic rings. The Morgan fingerprint density at radius 2 is 2.50 bits per heavy atom. The van der Waals surface area contributed by atoms with Crippen molar-refractivity contribution in [2.75, 3.05) is 19.6 Å². The lowest BCUT2D eigenvalue weighted by atomic mass is 10.1. The Bertz CT molecular complexity index is 224. The van der Waals surface area contributed by atoms with Crippen LogP contribution in [0.2, 0.25) is 0 Å². The molecule has 0 N–H and O–H groups in total. The van der Waals surface area contributed by atoms with Crippen LogP contribution in [0.15, 0.2) is 11.6 Å². The molecule has 2 nitrogen and oxygen atoms in total. The number of hydrogen-bond donors (Lipinski definition) is 0. The second-order valence-corrected chi connectivity index (χ2v) is 3.18. The maximum atomic E-state index is 13.3. The zero-order valence-corrected chi connectivity index (χ0v) is 7.39. The van der Waals surface area contributed by atoms with Crippen molar-refractivity contribution < 1.29 is 4.39 Å². The summed E-state index contributed by atoms with van der Waals surface area (Å²) in [5.74, 6) is 0. The molecule has 1 aliphatic heterocycles. The predicted octanol–water partition coefficient (Wildman–Crippen LogP) is 1.68. The summed E-state index contributed by atoms with van der Waals surface area (Å²) in [5, 5.41) is 8.47. The third-order valence-corrected chi connectivity index (χ3v) is 2.13. The zero-order chi connectivity index (χ0) is 9.03. The number of rotatable bonds is 2. The molecule has 1 atom stereocenters. The van der Waals surface area contributed by atoms with Crippen molar-refractivity contribution in [3.05, 3.63) is 11.6 Å². The van der Waals surface area contributed by atoms with Crippen LogP contribution in [0, 0.1) is 11.3 Å². The van der Waals surface area contributed by atoms with Gasteiger partial charge in [0.2, 0.25) is 5.67 Å². The summed E-state index contributed by atoms with van der Waals surface area (Å²) < 4.78 is 13.3. The van der Waals surface area contributed by atoms with Gasteiger partial charge >= 0.3 is 0 Å². The number of halogens is 2. The van der Waals surface area contributed by atoms with E-state index in [2.05, 4.69) is 0 Å². The third kappa shape index (κ3) is 2.20. The fourth-order valence-corrected chi connectivity index (χ4v) is 1.36. The fourth-order valence-electron chi connectivity index (χ4n) is 1.28. The molecule has 0 aromatic heterocycles. The van der Waals surface area contributed by atoms with Crippen molar-refractivity contribution in [2.45, 2.75) is 12.1 Å². The van der Waals surface area contributed by atoms with Gasteiger partial charge in [0.25, 0.3) is 0 Å². The third-order valence-electron chi connectivity index (χ3n) is 1.95. The molecule has 1 heterocycles. The molecule has 0 bridgehead atoms. The highest BCUT2D eigenvalue weighted by Crippen LogP contribution is 2.24. The van der Waals surface area contributed by atoms with Crippen LogP contribution in [0.25, 0.3) is 0 Å². The second-order valence-electron chi connectivity index (χ2n) is 2.92. The molecular formula is C8H10ClFN2. The van der Waals surface area contributed by atoms with E-state index in [4.69, 9.17) is 16.9 Å². The Morgan fingerprint density at radius 3 is 3.00 bits per heavy atom. The van der Waals surface area contributed by atoms with Gasteiger partial charge in [-0.2, -0.15) is 5.26 Å². The van der Waals surface area contributed by atoms with Gasteiger partial charge in [-0.3, -0.25) is 4.90 Å². The molecule has 0 radical (unpaired) electrons. The zero-order valence-electron chi connectivity index (χ0n) is 6.63. The van der Waals surface area contributed by atoms with Gasteiger partial charge in [-0.1, -0.05) is 17.7 Å². The van der Waals surface area contributed by atoms with Gasteiger partial charge in [-0.05, 0) is 0 Å². The van der Waals surface area contributed by atoms with Crippen molar-refractivity contribution in [3.8, 4) is 6.07 Å². The van der Waals surface area contributed by atoms with Gasteiger partial charge in [0.15, 0.2) is 0 Å². The van der Waals surface area contributed by atoms with Crippen LogP contribution in [0.1, 0.15) is 6.42 Å². The van der Waals surface area contributed by atoms with E-state index in [-0.39, 0.29) is 6.54 Å². The smallest absolute Gasteiger partial charge is 0.209 e. The summed E-state index contributed by atoms with van der Waals surface area (Å²) in [7, 11) is 0. The standard InChI is InChI=1S/C8H10ClFN2/c9-3-1-4-12-5-2-8(10,6-11)7-12/h1,3H,2,4-5,7H2/b3-1+. The van der Waals surface area contributed by atoms with Crippen molar-refractivity contribution >= 4 is 11.6 Å². The van der Waals surface area contributed by atoms with E-state index in [9.17, 15) is 4.39 Å². The Kier molecular flexibility index (Phi) is 3.07. The van der Waals surface area contributed by atoms with Crippen LogP contribution < -0.4 is 0 Å². The van der Waals surface area contributed by atoms with E-state index in [0.29, 0.717) is 19.5 Å². The van der Waals surface area contributed by atoms with E-state index in [1.165, 1.54) is 5.54 Å². The average molecular weight is 189 g/mol. The fraction of sp³-hybridized carbons (Fsp3) is 0.625. The number of nitrogens with zero attached hydrogens (tertiary/aromatic N) is 2. The van der Waals surface area contributed by atoms with Crippen molar-refractivity contribution in [3.63, 3.8) is 0 Å². The highest BCUT2D eigenvalue weighted by Gasteiger charge is 2.37. The van der Waals surface area contributed by atoms with Crippen LogP contribution in [-0.4, -0.2) is 30.2 Å². The van der Waals surface area contributed by atoms with Gasteiger partial charge in [-0.15, -0.1) is 0 Å². The highest BCUT2D eigenvalue weighted by molar-refractivity contribution is 6.25. The summed E-state index contributed by atoms with van der Waals surface area (Å²) in [4.78, 5) is 1.86. The van der Waals surface area contributed by atoms with Crippen molar-refractivity contribution in [2.24, 2.45) is 0 Å². The maximum Gasteiger partial charge on any atom is 0.209 e. The lowest BCUT2D eigenvalue weighted by Gasteiger charge is -2.12. The number of nitriles is 1. The first-order chi connectivity index (χ1) is 5.70.